The summed E-state index contributed by atoms with van der Waals surface area (Å²) in [5.41, 5.74) is 1.08. The van der Waals surface area contributed by atoms with Crippen molar-refractivity contribution < 1.29 is 9.53 Å². The van der Waals surface area contributed by atoms with Gasteiger partial charge in [0, 0.05) is 0 Å². The van der Waals surface area contributed by atoms with E-state index in [1.807, 2.05) is 36.4 Å². The number of ether oxygens (including phenoxy) is 1. The molecule has 4 heteroatoms. The van der Waals surface area contributed by atoms with E-state index in [4.69, 9.17) is 4.74 Å². The minimum Gasteiger partial charge on any atom is -0.464 e. The Kier molecular flexibility index (Phi) is 4.82. The number of hydrogen-bond acceptors (Lipinski definition) is 4. The van der Waals surface area contributed by atoms with Crippen molar-refractivity contribution in [3.8, 4) is 0 Å². The Balaban J connectivity index is 2.04. The fourth-order valence-corrected chi connectivity index (χ4v) is 2.15. The Hall–Kier alpha value is -2.23. The molecule has 20 heavy (non-hydrogen) atoms. The van der Waals surface area contributed by atoms with E-state index in [1.54, 1.807) is 6.92 Å². The molecule has 0 saturated carbocycles. The van der Waals surface area contributed by atoms with Crippen molar-refractivity contribution in [3.63, 3.8) is 0 Å². The molecule has 0 bridgehead atoms. The van der Waals surface area contributed by atoms with E-state index >= 15 is 0 Å². The second kappa shape index (κ2) is 6.80. The van der Waals surface area contributed by atoms with Crippen LogP contribution < -0.4 is 0 Å². The van der Waals surface area contributed by atoms with Crippen LogP contribution in [0.4, 0.5) is 0 Å². The molecule has 104 valence electrons. The molecule has 1 unspecified atom stereocenters. The van der Waals surface area contributed by atoms with Crippen molar-refractivity contribution in [3.05, 3.63) is 52.9 Å². The molecule has 0 saturated heterocycles. The van der Waals surface area contributed by atoms with Gasteiger partial charge >= 0.3 is 5.97 Å². The first-order valence-corrected chi connectivity index (χ1v) is 6.71. The van der Waals surface area contributed by atoms with Crippen LogP contribution in [0.5, 0.6) is 0 Å². The van der Waals surface area contributed by atoms with Crippen LogP contribution in [0.3, 0.4) is 0 Å². The highest BCUT2D eigenvalue weighted by molar-refractivity contribution is 5.83. The Morgan fingerprint density at radius 2 is 1.95 bits per heavy atom. The average molecular weight is 271 g/mol. The van der Waals surface area contributed by atoms with Crippen LogP contribution >= 0.6 is 0 Å². The molecule has 0 heterocycles. The second-order valence-electron chi connectivity index (χ2n) is 4.59. The molecule has 0 N–H and O–H groups in total. The van der Waals surface area contributed by atoms with Gasteiger partial charge in [-0.1, -0.05) is 47.6 Å². The van der Waals surface area contributed by atoms with Crippen molar-refractivity contribution in [1.29, 1.82) is 0 Å². The van der Waals surface area contributed by atoms with Crippen molar-refractivity contribution in [1.82, 2.24) is 0 Å². The summed E-state index contributed by atoms with van der Waals surface area (Å²) >= 11 is 0. The summed E-state index contributed by atoms with van der Waals surface area (Å²) in [5, 5.41) is 5.18. The van der Waals surface area contributed by atoms with Crippen LogP contribution in [-0.4, -0.2) is 18.6 Å². The van der Waals surface area contributed by atoms with Gasteiger partial charge in [0.25, 0.3) is 0 Å². The molecule has 1 atom stereocenters. The molecule has 0 aromatic heterocycles. The number of esters is 1. The number of hydrogen-bond donors (Lipinski definition) is 0. The van der Waals surface area contributed by atoms with Gasteiger partial charge in [0.15, 0.2) is 6.04 Å². The molecule has 0 amide bonds. The summed E-state index contributed by atoms with van der Waals surface area (Å²) in [7, 11) is 0. The first kappa shape index (κ1) is 14.2. The zero-order chi connectivity index (χ0) is 14.4. The Labute approximate surface area is 117 Å². The van der Waals surface area contributed by atoms with Crippen LogP contribution in [0.25, 0.3) is 10.8 Å². The van der Waals surface area contributed by atoms with Gasteiger partial charge in [-0.15, -0.1) is 4.91 Å². The average Bonchev–Trinajstić information content (AvgIpc) is 2.48. The van der Waals surface area contributed by atoms with Crippen molar-refractivity contribution >= 4 is 16.7 Å². The van der Waals surface area contributed by atoms with Crippen LogP contribution in [0.2, 0.25) is 0 Å². The SMILES string of the molecule is CCOC(=O)C(CCc1ccc2ccccc2c1)N=O. The maximum atomic E-state index is 11.5. The number of nitrogens with zero attached hydrogens (tertiary/aromatic N) is 1. The van der Waals surface area contributed by atoms with Gasteiger partial charge in [-0.05, 0) is 36.1 Å². The Morgan fingerprint density at radius 3 is 2.65 bits per heavy atom. The number of fused-ring (bicyclic) bond motifs is 1. The van der Waals surface area contributed by atoms with E-state index in [-0.39, 0.29) is 6.61 Å². The van der Waals surface area contributed by atoms with E-state index in [1.165, 1.54) is 5.39 Å². The third-order valence-electron chi connectivity index (χ3n) is 3.21. The smallest absolute Gasteiger partial charge is 0.334 e. The second-order valence-corrected chi connectivity index (χ2v) is 4.59. The zero-order valence-corrected chi connectivity index (χ0v) is 11.4. The van der Waals surface area contributed by atoms with Gasteiger partial charge in [-0.2, -0.15) is 0 Å². The third kappa shape index (κ3) is 3.41. The lowest BCUT2D eigenvalue weighted by Crippen LogP contribution is -2.21. The van der Waals surface area contributed by atoms with Crippen LogP contribution in [-0.2, 0) is 16.0 Å². The standard InChI is InChI=1S/C16H17NO3/c1-2-20-16(18)15(17-19)10-8-12-7-9-13-5-3-4-6-14(13)11-12/h3-7,9,11,15H,2,8,10H2,1H3. The lowest BCUT2D eigenvalue weighted by Gasteiger charge is -2.08. The molecule has 0 aliphatic carbocycles. The van der Waals surface area contributed by atoms with Gasteiger partial charge in [-0.25, -0.2) is 4.79 Å². The van der Waals surface area contributed by atoms with E-state index in [0.717, 1.165) is 10.9 Å². The lowest BCUT2D eigenvalue weighted by molar-refractivity contribution is -0.144. The predicted octanol–water partition coefficient (Wildman–Crippen LogP) is 3.47. The molecule has 0 spiro atoms. The molecule has 2 aromatic carbocycles. The zero-order valence-electron chi connectivity index (χ0n) is 11.4. The van der Waals surface area contributed by atoms with Gasteiger partial charge in [0.2, 0.25) is 0 Å². The fourth-order valence-electron chi connectivity index (χ4n) is 2.15. The fraction of sp³-hybridized carbons (Fsp3) is 0.312. The number of aryl methyl sites for hydroxylation is 1. The normalized spacial score (nSPS) is 12.1. The van der Waals surface area contributed by atoms with Crippen molar-refractivity contribution in [2.24, 2.45) is 5.18 Å². The molecule has 4 nitrogen and oxygen atoms in total. The molecule has 0 radical (unpaired) electrons. The minimum absolute atomic E-state index is 0.265. The van der Waals surface area contributed by atoms with Crippen LogP contribution in [0.1, 0.15) is 18.9 Å². The third-order valence-corrected chi connectivity index (χ3v) is 3.21. The van der Waals surface area contributed by atoms with E-state index < -0.39 is 12.0 Å². The van der Waals surface area contributed by atoms with E-state index in [9.17, 15) is 9.70 Å². The maximum absolute atomic E-state index is 11.5. The molecule has 2 aromatic rings. The van der Waals surface area contributed by atoms with Crippen molar-refractivity contribution in [2.75, 3.05) is 6.61 Å². The predicted molar refractivity (Wildman–Crippen MR) is 78.5 cm³/mol. The number of nitroso groups, excluding NO2 is 1. The van der Waals surface area contributed by atoms with Gasteiger partial charge < -0.3 is 4.74 Å². The number of carbonyl (C=O) groups is 1. The van der Waals surface area contributed by atoms with Crippen LogP contribution in [0, 0.1) is 4.91 Å². The van der Waals surface area contributed by atoms with Gasteiger partial charge in [-0.3, -0.25) is 0 Å². The first-order valence-electron chi connectivity index (χ1n) is 6.71. The number of rotatable bonds is 6. The molecular formula is C16H17NO3. The highest BCUT2D eigenvalue weighted by atomic mass is 16.5. The van der Waals surface area contributed by atoms with E-state index in [0.29, 0.717) is 12.8 Å². The molecule has 0 aliphatic heterocycles. The summed E-state index contributed by atoms with van der Waals surface area (Å²) in [6.45, 7) is 1.98. The van der Waals surface area contributed by atoms with Gasteiger partial charge in [0.1, 0.15) is 0 Å². The number of benzene rings is 2. The largest absolute Gasteiger partial charge is 0.464 e. The van der Waals surface area contributed by atoms with Crippen molar-refractivity contribution in [2.45, 2.75) is 25.8 Å². The summed E-state index contributed by atoms with van der Waals surface area (Å²) < 4.78 is 4.82. The Morgan fingerprint density at radius 1 is 1.20 bits per heavy atom. The molecule has 0 aliphatic rings. The summed E-state index contributed by atoms with van der Waals surface area (Å²) in [6.07, 6.45) is 1.00. The first-order chi connectivity index (χ1) is 9.74. The van der Waals surface area contributed by atoms with Gasteiger partial charge in [0.05, 0.1) is 6.61 Å². The minimum atomic E-state index is -0.915. The number of carbonyl (C=O) groups excluding carboxylic acids is 1. The lowest BCUT2D eigenvalue weighted by atomic mass is 10.0. The molecular weight excluding hydrogens is 254 g/mol. The van der Waals surface area contributed by atoms with Crippen LogP contribution in [0.15, 0.2) is 47.6 Å². The highest BCUT2D eigenvalue weighted by Crippen LogP contribution is 2.17. The molecule has 0 fully saturated rings. The quantitative estimate of drug-likeness (QED) is 0.597. The monoisotopic (exact) mass is 271 g/mol. The van der Waals surface area contributed by atoms with E-state index in [2.05, 4.69) is 11.2 Å². The highest BCUT2D eigenvalue weighted by Gasteiger charge is 2.20. The molecule has 2 rings (SSSR count). The summed E-state index contributed by atoms with van der Waals surface area (Å²) in [6, 6.07) is 13.3. The summed E-state index contributed by atoms with van der Waals surface area (Å²) in [5.74, 6) is -0.539. The Bertz CT molecular complexity index is 609. The maximum Gasteiger partial charge on any atom is 0.334 e. The topological polar surface area (TPSA) is 55.7 Å². The summed E-state index contributed by atoms with van der Waals surface area (Å²) in [4.78, 5) is 22.2.